The first-order valence-electron chi connectivity index (χ1n) is 8.47. The van der Waals surface area contributed by atoms with Crippen molar-refractivity contribution in [2.24, 2.45) is 4.40 Å². The Morgan fingerprint density at radius 2 is 1.72 bits per heavy atom. The largest absolute Gasteiger partial charge is 0.490 e. The number of hydrogen-bond donors (Lipinski definition) is 3. The van der Waals surface area contributed by atoms with E-state index in [1.165, 1.54) is 18.3 Å². The van der Waals surface area contributed by atoms with Crippen LogP contribution in [0.1, 0.15) is 5.69 Å². The number of amidine groups is 1. The van der Waals surface area contributed by atoms with Crippen molar-refractivity contribution in [3.63, 3.8) is 0 Å². The van der Waals surface area contributed by atoms with Crippen molar-refractivity contribution in [3.8, 4) is 0 Å². The number of para-hydroxylation sites is 1. The number of benzene rings is 1. The van der Waals surface area contributed by atoms with Crippen LogP contribution in [0.5, 0.6) is 0 Å². The minimum atomic E-state index is -5.08. The Morgan fingerprint density at radius 1 is 1.09 bits per heavy atom. The second-order valence-electron chi connectivity index (χ2n) is 6.14. The van der Waals surface area contributed by atoms with Crippen LogP contribution in [0.15, 0.2) is 45.8 Å². The third kappa shape index (κ3) is 7.23. The second-order valence-corrected chi connectivity index (χ2v) is 7.71. The molecule has 2 aromatic rings. The molecule has 16 heteroatoms. The van der Waals surface area contributed by atoms with E-state index in [1.807, 2.05) is 0 Å². The minimum Gasteiger partial charge on any atom is -0.475 e. The average Bonchev–Trinajstić information content (AvgIpc) is 3.06. The third-order valence-electron chi connectivity index (χ3n) is 3.65. The van der Waals surface area contributed by atoms with Crippen molar-refractivity contribution in [2.45, 2.75) is 30.3 Å². The number of halogens is 6. The molecular weight excluding hydrogens is 472 g/mol. The normalized spacial score (nSPS) is 15.0. The molecule has 0 aliphatic carbocycles. The van der Waals surface area contributed by atoms with Crippen molar-refractivity contribution in [3.05, 3.63) is 42.2 Å². The van der Waals surface area contributed by atoms with Crippen LogP contribution in [-0.4, -0.2) is 54.0 Å². The second kappa shape index (κ2) is 9.56. The number of aliphatic carboxylic acids is 1. The van der Waals surface area contributed by atoms with E-state index in [1.54, 1.807) is 18.2 Å². The maximum absolute atomic E-state index is 12.5. The molecule has 1 aliphatic heterocycles. The SMILES string of the molecule is O=C(O)C(F)(F)F.O=S1(=O)N=C(CNCc2ccnn2CC(F)(F)F)Nc2ccccc21. The molecule has 9 nitrogen and oxygen atoms in total. The smallest absolute Gasteiger partial charge is 0.475 e. The lowest BCUT2D eigenvalue weighted by molar-refractivity contribution is -0.192. The standard InChI is InChI=1S/C14H14F3N5O2S.C2HF3O2/c15-14(16,17)9-22-10(5-6-19-22)7-18-8-13-20-11-3-1-2-4-12(11)25(23,24)21-13;3-2(4,5)1(6)7/h1-6,18H,7-9H2,(H,20,21);(H,6,7). The Bertz CT molecular complexity index is 1090. The number of nitrogens with one attached hydrogen (secondary N) is 2. The van der Waals surface area contributed by atoms with E-state index in [2.05, 4.69) is 20.1 Å². The lowest BCUT2D eigenvalue weighted by atomic mass is 10.3. The van der Waals surface area contributed by atoms with E-state index < -0.39 is 34.9 Å². The zero-order valence-electron chi connectivity index (χ0n) is 15.8. The van der Waals surface area contributed by atoms with E-state index >= 15 is 0 Å². The van der Waals surface area contributed by atoms with Crippen LogP contribution in [0.3, 0.4) is 0 Å². The first-order valence-corrected chi connectivity index (χ1v) is 9.91. The van der Waals surface area contributed by atoms with Gasteiger partial charge in [0.15, 0.2) is 0 Å². The van der Waals surface area contributed by atoms with Crippen LogP contribution in [0.2, 0.25) is 0 Å². The van der Waals surface area contributed by atoms with Gasteiger partial charge in [-0.25, -0.2) is 4.79 Å². The summed E-state index contributed by atoms with van der Waals surface area (Å²) in [5, 5.41) is 16.5. The van der Waals surface area contributed by atoms with Crippen molar-refractivity contribution >= 4 is 27.5 Å². The molecule has 0 radical (unpaired) electrons. The van der Waals surface area contributed by atoms with E-state index in [0.717, 1.165) is 4.68 Å². The molecule has 2 heterocycles. The quantitative estimate of drug-likeness (QED) is 0.553. The van der Waals surface area contributed by atoms with Gasteiger partial charge in [-0.1, -0.05) is 12.1 Å². The molecular formula is C16H15F6N5O4S. The number of nitrogens with zero attached hydrogens (tertiary/aromatic N) is 3. The number of aromatic nitrogens is 2. The fourth-order valence-corrected chi connectivity index (χ4v) is 3.52. The summed E-state index contributed by atoms with van der Waals surface area (Å²) >= 11 is 0. The maximum atomic E-state index is 12.5. The Labute approximate surface area is 176 Å². The highest BCUT2D eigenvalue weighted by molar-refractivity contribution is 7.90. The van der Waals surface area contributed by atoms with Gasteiger partial charge in [0.25, 0.3) is 10.0 Å². The Morgan fingerprint density at radius 3 is 2.31 bits per heavy atom. The summed E-state index contributed by atoms with van der Waals surface area (Å²) < 4.78 is 97.8. The molecule has 1 aromatic carbocycles. The van der Waals surface area contributed by atoms with Crippen molar-refractivity contribution in [2.75, 3.05) is 11.9 Å². The number of carboxylic acids is 1. The summed E-state index contributed by atoms with van der Waals surface area (Å²) in [5.41, 5.74) is 0.744. The lowest BCUT2D eigenvalue weighted by Gasteiger charge is -2.18. The molecule has 3 rings (SSSR count). The van der Waals surface area contributed by atoms with Gasteiger partial charge in [-0.2, -0.15) is 39.9 Å². The predicted octanol–water partition coefficient (Wildman–Crippen LogP) is 2.38. The molecule has 0 atom stereocenters. The maximum Gasteiger partial charge on any atom is 0.490 e. The number of sulfonamides is 1. The molecule has 0 unspecified atom stereocenters. The molecule has 0 fully saturated rings. The molecule has 1 aromatic heterocycles. The van der Waals surface area contributed by atoms with Gasteiger partial charge < -0.3 is 15.7 Å². The zero-order chi connectivity index (χ0) is 24.2. The monoisotopic (exact) mass is 487 g/mol. The Kier molecular flexibility index (Phi) is 7.50. The summed E-state index contributed by atoms with van der Waals surface area (Å²) in [6, 6.07) is 7.80. The molecule has 0 spiro atoms. The number of anilines is 1. The van der Waals surface area contributed by atoms with Gasteiger partial charge >= 0.3 is 18.3 Å². The van der Waals surface area contributed by atoms with E-state index in [-0.39, 0.29) is 23.8 Å². The number of fused-ring (bicyclic) bond motifs is 1. The third-order valence-corrected chi connectivity index (χ3v) is 5.02. The van der Waals surface area contributed by atoms with Gasteiger partial charge in [-0.15, -0.1) is 4.40 Å². The first kappa shape index (κ1) is 25.1. The topological polar surface area (TPSA) is 126 Å². The van der Waals surface area contributed by atoms with Gasteiger partial charge in [0.1, 0.15) is 17.3 Å². The molecule has 0 saturated carbocycles. The highest BCUT2D eigenvalue weighted by Crippen LogP contribution is 2.26. The van der Waals surface area contributed by atoms with Crippen LogP contribution >= 0.6 is 0 Å². The molecule has 176 valence electrons. The number of carboxylic acid groups (broad SMARTS) is 1. The zero-order valence-corrected chi connectivity index (χ0v) is 16.6. The van der Waals surface area contributed by atoms with Gasteiger partial charge in [-0.3, -0.25) is 4.68 Å². The Balaban J connectivity index is 0.000000451. The van der Waals surface area contributed by atoms with Gasteiger partial charge in [0.05, 0.1) is 17.9 Å². The molecule has 32 heavy (non-hydrogen) atoms. The summed E-state index contributed by atoms with van der Waals surface area (Å²) in [4.78, 5) is 8.98. The summed E-state index contributed by atoms with van der Waals surface area (Å²) in [6.45, 7) is -1.05. The van der Waals surface area contributed by atoms with Crippen molar-refractivity contribution in [1.29, 1.82) is 0 Å². The van der Waals surface area contributed by atoms with Gasteiger partial charge in [-0.05, 0) is 18.2 Å². The number of hydrogen-bond acceptors (Lipinski definition) is 6. The number of carbonyl (C=O) groups is 1. The van der Waals surface area contributed by atoms with Crippen LogP contribution in [0.25, 0.3) is 0 Å². The van der Waals surface area contributed by atoms with Crippen LogP contribution in [-0.2, 0) is 27.9 Å². The fourth-order valence-electron chi connectivity index (χ4n) is 2.38. The highest BCUT2D eigenvalue weighted by atomic mass is 32.2. The van der Waals surface area contributed by atoms with Crippen LogP contribution in [0.4, 0.5) is 32.0 Å². The highest BCUT2D eigenvalue weighted by Gasteiger charge is 2.38. The molecule has 0 saturated heterocycles. The summed E-state index contributed by atoms with van der Waals surface area (Å²) in [6.07, 6.45) is -8.17. The molecule has 1 aliphatic rings. The average molecular weight is 487 g/mol. The minimum absolute atomic E-state index is 0.0464. The predicted molar refractivity (Wildman–Crippen MR) is 98.4 cm³/mol. The number of alkyl halides is 6. The summed E-state index contributed by atoms with van der Waals surface area (Å²) in [7, 11) is -3.79. The van der Waals surface area contributed by atoms with E-state index in [0.29, 0.717) is 11.4 Å². The van der Waals surface area contributed by atoms with Crippen molar-refractivity contribution in [1.82, 2.24) is 15.1 Å². The van der Waals surface area contributed by atoms with E-state index in [9.17, 15) is 34.8 Å². The van der Waals surface area contributed by atoms with Crippen LogP contribution < -0.4 is 10.6 Å². The Hall–Kier alpha value is -3.14. The van der Waals surface area contributed by atoms with Gasteiger partial charge in [0.2, 0.25) is 0 Å². The fraction of sp³-hybridized carbons (Fsp3) is 0.312. The molecule has 3 N–H and O–H groups in total. The number of rotatable bonds is 5. The van der Waals surface area contributed by atoms with Gasteiger partial charge in [0, 0.05) is 12.7 Å². The van der Waals surface area contributed by atoms with E-state index in [4.69, 9.17) is 9.90 Å². The lowest BCUT2D eigenvalue weighted by Crippen LogP contribution is -2.32. The van der Waals surface area contributed by atoms with Crippen LogP contribution in [0, 0.1) is 0 Å². The first-order chi connectivity index (χ1) is 14.7. The molecule has 0 amide bonds. The summed E-state index contributed by atoms with van der Waals surface area (Å²) in [5.74, 6) is -2.59. The molecule has 0 bridgehead atoms. The van der Waals surface area contributed by atoms with Crippen molar-refractivity contribution < 1.29 is 44.7 Å².